The van der Waals surface area contributed by atoms with Gasteiger partial charge < -0.3 is 25.7 Å². The molecule has 0 unspecified atom stereocenters. The lowest BCUT2D eigenvalue weighted by atomic mass is 9.99. The van der Waals surface area contributed by atoms with Crippen molar-refractivity contribution in [2.75, 3.05) is 6.61 Å². The fourth-order valence-corrected chi connectivity index (χ4v) is 6.70. The lowest BCUT2D eigenvalue weighted by Crippen LogP contribution is -2.53. The molecule has 1 amide bonds. The highest BCUT2D eigenvalue weighted by Gasteiger charge is 2.28. The first kappa shape index (κ1) is 46.3. The number of hydrogen-bond acceptors (Lipinski definition) is 5. The Morgan fingerprint density at radius 3 is 1.02 bits per heavy atom. The first-order valence-corrected chi connectivity index (χ1v) is 20.9. The minimum absolute atomic E-state index is 0.375. The monoisotopic (exact) mass is 670 g/mol. The summed E-state index contributed by atoms with van der Waals surface area (Å²) in [6, 6.07) is -0.977. The summed E-state index contributed by atoms with van der Waals surface area (Å²) < 4.78 is 0. The number of carbonyl (C=O) groups is 1. The van der Waals surface area contributed by atoms with Gasteiger partial charge in [0.1, 0.15) is 12.2 Å². The SMILES string of the molecule is CCCCCCCCCCCCCCCCCCCCCCC[C@@H](O)C(=O)N[C@@H](CO)[C@H](O)[C@H](O)CCCCCCCCCCCC. The molecule has 0 aromatic carbocycles. The van der Waals surface area contributed by atoms with Crippen LogP contribution < -0.4 is 5.32 Å². The molecule has 0 aromatic heterocycles. The molecule has 0 radical (unpaired) electrons. The zero-order valence-corrected chi connectivity index (χ0v) is 31.5. The Morgan fingerprint density at radius 1 is 0.447 bits per heavy atom. The zero-order valence-electron chi connectivity index (χ0n) is 31.5. The Bertz CT molecular complexity index is 633. The third-order valence-electron chi connectivity index (χ3n) is 10.1. The normalized spacial score (nSPS) is 14.3. The predicted octanol–water partition coefficient (Wildman–Crippen LogP) is 10.5. The molecule has 47 heavy (non-hydrogen) atoms. The average Bonchev–Trinajstić information content (AvgIpc) is 3.07. The maximum Gasteiger partial charge on any atom is 0.249 e. The van der Waals surface area contributed by atoms with Crippen molar-refractivity contribution in [3.63, 3.8) is 0 Å². The van der Waals surface area contributed by atoms with Crippen molar-refractivity contribution in [1.29, 1.82) is 0 Å². The summed E-state index contributed by atoms with van der Waals surface area (Å²) in [7, 11) is 0. The van der Waals surface area contributed by atoms with E-state index >= 15 is 0 Å². The van der Waals surface area contributed by atoms with Crippen LogP contribution in [0.2, 0.25) is 0 Å². The molecule has 0 fully saturated rings. The van der Waals surface area contributed by atoms with E-state index in [-0.39, 0.29) is 0 Å². The van der Waals surface area contributed by atoms with Crippen LogP contribution in [0.1, 0.15) is 226 Å². The van der Waals surface area contributed by atoms with Gasteiger partial charge in [-0.15, -0.1) is 0 Å². The van der Waals surface area contributed by atoms with Gasteiger partial charge in [-0.05, 0) is 12.8 Å². The number of rotatable bonds is 38. The van der Waals surface area contributed by atoms with Crippen molar-refractivity contribution in [3.05, 3.63) is 0 Å². The van der Waals surface area contributed by atoms with Gasteiger partial charge in [-0.3, -0.25) is 4.79 Å². The topological polar surface area (TPSA) is 110 Å². The molecule has 0 aliphatic carbocycles. The van der Waals surface area contributed by atoms with Gasteiger partial charge >= 0.3 is 0 Å². The van der Waals surface area contributed by atoms with Gasteiger partial charge in [-0.2, -0.15) is 0 Å². The van der Waals surface area contributed by atoms with Gasteiger partial charge in [-0.1, -0.05) is 213 Å². The standard InChI is InChI=1S/C41H83NO5/c1-3-5-7-9-11-13-15-16-17-18-19-20-21-22-23-24-25-27-29-31-33-35-39(45)41(47)42-37(36-43)40(46)38(44)34-32-30-28-26-14-12-10-8-6-4-2/h37-40,43-46H,3-36H2,1-2H3,(H,42,47)/t37-,38+,39+,40-/m0/s1. The largest absolute Gasteiger partial charge is 0.394 e. The van der Waals surface area contributed by atoms with E-state index in [4.69, 9.17) is 0 Å². The maximum absolute atomic E-state index is 12.5. The molecule has 0 aromatic rings. The first-order valence-electron chi connectivity index (χ1n) is 20.9. The molecule has 0 saturated carbocycles. The number of hydrogen-bond donors (Lipinski definition) is 5. The lowest BCUT2D eigenvalue weighted by molar-refractivity contribution is -0.132. The van der Waals surface area contributed by atoms with Crippen molar-refractivity contribution in [1.82, 2.24) is 5.32 Å². The van der Waals surface area contributed by atoms with Crippen molar-refractivity contribution in [3.8, 4) is 0 Å². The second-order valence-corrected chi connectivity index (χ2v) is 14.7. The van der Waals surface area contributed by atoms with Crippen LogP contribution in [-0.2, 0) is 4.79 Å². The van der Waals surface area contributed by atoms with Crippen molar-refractivity contribution >= 4 is 5.91 Å². The quantitative estimate of drug-likeness (QED) is 0.0420. The molecular weight excluding hydrogens is 586 g/mol. The highest BCUT2D eigenvalue weighted by molar-refractivity contribution is 5.80. The third-order valence-corrected chi connectivity index (χ3v) is 10.1. The summed E-state index contributed by atoms with van der Waals surface area (Å²) >= 11 is 0. The Morgan fingerprint density at radius 2 is 0.723 bits per heavy atom. The minimum Gasteiger partial charge on any atom is -0.394 e. The highest BCUT2D eigenvalue weighted by Crippen LogP contribution is 2.17. The van der Waals surface area contributed by atoms with E-state index in [1.165, 1.54) is 161 Å². The third kappa shape index (κ3) is 31.1. The Labute approximate surface area is 292 Å². The van der Waals surface area contributed by atoms with Crippen LogP contribution in [0.25, 0.3) is 0 Å². The maximum atomic E-state index is 12.5. The van der Waals surface area contributed by atoms with Gasteiger partial charge in [-0.25, -0.2) is 0 Å². The molecule has 6 nitrogen and oxygen atoms in total. The van der Waals surface area contributed by atoms with Crippen molar-refractivity contribution < 1.29 is 25.2 Å². The molecule has 0 spiro atoms. The van der Waals surface area contributed by atoms with Crippen molar-refractivity contribution in [2.24, 2.45) is 0 Å². The van der Waals surface area contributed by atoms with E-state index in [0.29, 0.717) is 12.8 Å². The van der Waals surface area contributed by atoms with E-state index in [0.717, 1.165) is 38.5 Å². The minimum atomic E-state index is -1.25. The molecule has 0 saturated heterocycles. The second kappa shape index (κ2) is 36.6. The summed E-state index contributed by atoms with van der Waals surface area (Å²) in [5, 5.41) is 43.5. The van der Waals surface area contributed by atoms with Crippen LogP contribution in [0, 0.1) is 0 Å². The second-order valence-electron chi connectivity index (χ2n) is 14.7. The molecule has 4 atom stereocenters. The van der Waals surface area contributed by atoms with Gasteiger partial charge in [0, 0.05) is 0 Å². The first-order chi connectivity index (χ1) is 23.0. The van der Waals surface area contributed by atoms with Crippen LogP contribution >= 0.6 is 0 Å². The van der Waals surface area contributed by atoms with Gasteiger partial charge in [0.05, 0.1) is 18.8 Å². The number of amides is 1. The molecular formula is C41H83NO5. The summed E-state index contributed by atoms with van der Waals surface area (Å²) in [6.07, 6.45) is 37.1. The molecule has 0 aliphatic heterocycles. The van der Waals surface area contributed by atoms with Crippen LogP contribution in [0.15, 0.2) is 0 Å². The van der Waals surface area contributed by atoms with E-state index < -0.39 is 36.9 Å². The van der Waals surface area contributed by atoms with E-state index in [2.05, 4.69) is 19.2 Å². The lowest BCUT2D eigenvalue weighted by Gasteiger charge is -2.27. The number of nitrogens with one attached hydrogen (secondary N) is 1. The molecule has 0 rings (SSSR count). The number of aliphatic hydroxyl groups excluding tert-OH is 4. The van der Waals surface area contributed by atoms with Gasteiger partial charge in [0.2, 0.25) is 5.91 Å². The Balaban J connectivity index is 3.66. The summed E-state index contributed by atoms with van der Waals surface area (Å²) in [4.78, 5) is 12.5. The van der Waals surface area contributed by atoms with E-state index in [1.54, 1.807) is 0 Å². The van der Waals surface area contributed by atoms with Crippen LogP contribution in [0.3, 0.4) is 0 Å². The number of aliphatic hydroxyl groups is 4. The van der Waals surface area contributed by atoms with Crippen LogP contribution in [0.4, 0.5) is 0 Å². The molecule has 0 heterocycles. The average molecular weight is 670 g/mol. The number of unbranched alkanes of at least 4 members (excludes halogenated alkanes) is 29. The van der Waals surface area contributed by atoms with E-state index in [9.17, 15) is 25.2 Å². The summed E-state index contributed by atoms with van der Waals surface area (Å²) in [6.45, 7) is 4.04. The van der Waals surface area contributed by atoms with Gasteiger partial charge in [0.25, 0.3) is 0 Å². The number of carbonyl (C=O) groups excluding carboxylic acids is 1. The summed E-state index contributed by atoms with van der Waals surface area (Å²) in [5.41, 5.74) is 0. The molecule has 282 valence electrons. The molecule has 5 N–H and O–H groups in total. The van der Waals surface area contributed by atoms with Crippen LogP contribution in [-0.4, -0.2) is 57.3 Å². The zero-order chi connectivity index (χ0) is 34.6. The molecule has 0 aliphatic rings. The predicted molar refractivity (Wildman–Crippen MR) is 201 cm³/mol. The Hall–Kier alpha value is -0.690. The van der Waals surface area contributed by atoms with Gasteiger partial charge in [0.15, 0.2) is 0 Å². The fraction of sp³-hybridized carbons (Fsp3) is 0.976. The Kier molecular flexibility index (Phi) is 36.0. The van der Waals surface area contributed by atoms with Crippen LogP contribution in [0.5, 0.6) is 0 Å². The molecule has 0 bridgehead atoms. The smallest absolute Gasteiger partial charge is 0.249 e. The van der Waals surface area contributed by atoms with Crippen molar-refractivity contribution in [2.45, 2.75) is 250 Å². The molecule has 6 heteroatoms. The highest BCUT2D eigenvalue weighted by atomic mass is 16.3. The fourth-order valence-electron chi connectivity index (χ4n) is 6.70. The van der Waals surface area contributed by atoms with E-state index in [1.807, 2.05) is 0 Å². The summed E-state index contributed by atoms with van der Waals surface area (Å²) in [5.74, 6) is -0.581.